The SMILES string of the molecule is COc1ccc(C2CCCN2S(=O)(=O)c2ccccc2C#N)c(OC)c1. The summed E-state index contributed by atoms with van der Waals surface area (Å²) in [6.45, 7) is 0.405. The van der Waals surface area contributed by atoms with Crippen molar-refractivity contribution in [1.29, 1.82) is 5.26 Å². The molecule has 1 saturated heterocycles. The van der Waals surface area contributed by atoms with Gasteiger partial charge < -0.3 is 9.47 Å². The van der Waals surface area contributed by atoms with Crippen LogP contribution < -0.4 is 9.47 Å². The van der Waals surface area contributed by atoms with Crippen molar-refractivity contribution in [3.8, 4) is 17.6 Å². The van der Waals surface area contributed by atoms with E-state index in [9.17, 15) is 13.7 Å². The number of hydrogen-bond donors (Lipinski definition) is 0. The van der Waals surface area contributed by atoms with Crippen LogP contribution in [0.3, 0.4) is 0 Å². The molecule has 0 radical (unpaired) electrons. The zero-order valence-corrected chi connectivity index (χ0v) is 15.5. The van der Waals surface area contributed by atoms with Gasteiger partial charge in [-0.3, -0.25) is 0 Å². The van der Waals surface area contributed by atoms with E-state index in [4.69, 9.17) is 9.47 Å². The minimum atomic E-state index is -3.80. The van der Waals surface area contributed by atoms with Crippen LogP contribution in [0.15, 0.2) is 47.4 Å². The van der Waals surface area contributed by atoms with E-state index in [0.29, 0.717) is 24.5 Å². The van der Waals surface area contributed by atoms with Crippen LogP contribution in [0.25, 0.3) is 0 Å². The predicted molar refractivity (Wildman–Crippen MR) is 96.6 cm³/mol. The molecule has 2 aromatic rings. The summed E-state index contributed by atoms with van der Waals surface area (Å²) < 4.78 is 38.6. The molecule has 136 valence electrons. The molecular weight excluding hydrogens is 352 g/mol. The van der Waals surface area contributed by atoms with Gasteiger partial charge in [-0.25, -0.2) is 8.42 Å². The topological polar surface area (TPSA) is 79.6 Å². The summed E-state index contributed by atoms with van der Waals surface area (Å²) in [6.07, 6.45) is 1.43. The second kappa shape index (κ2) is 7.36. The molecule has 1 aliphatic rings. The summed E-state index contributed by atoms with van der Waals surface area (Å²) in [5, 5.41) is 9.28. The van der Waals surface area contributed by atoms with Crippen LogP contribution in [0.2, 0.25) is 0 Å². The van der Waals surface area contributed by atoms with Crippen molar-refractivity contribution in [3.63, 3.8) is 0 Å². The molecule has 0 saturated carbocycles. The van der Waals surface area contributed by atoms with Crippen molar-refractivity contribution in [2.24, 2.45) is 0 Å². The second-order valence-corrected chi connectivity index (χ2v) is 7.85. The fourth-order valence-electron chi connectivity index (χ4n) is 3.34. The zero-order chi connectivity index (χ0) is 18.7. The van der Waals surface area contributed by atoms with Crippen molar-refractivity contribution < 1.29 is 17.9 Å². The van der Waals surface area contributed by atoms with Gasteiger partial charge in [-0.05, 0) is 31.0 Å². The highest BCUT2D eigenvalue weighted by Gasteiger charge is 2.38. The molecule has 0 N–H and O–H groups in total. The minimum absolute atomic E-state index is 0.0434. The Morgan fingerprint density at radius 3 is 2.62 bits per heavy atom. The molecule has 0 aliphatic carbocycles. The first kappa shape index (κ1) is 18.2. The van der Waals surface area contributed by atoms with Crippen LogP contribution in [0, 0.1) is 11.3 Å². The van der Waals surface area contributed by atoms with Crippen molar-refractivity contribution in [1.82, 2.24) is 4.31 Å². The van der Waals surface area contributed by atoms with Crippen LogP contribution in [0.4, 0.5) is 0 Å². The third kappa shape index (κ3) is 3.14. The number of methoxy groups -OCH3 is 2. The maximum absolute atomic E-state index is 13.2. The first-order chi connectivity index (χ1) is 12.5. The van der Waals surface area contributed by atoms with E-state index in [1.54, 1.807) is 38.5 Å². The predicted octanol–water partition coefficient (Wildman–Crippen LogP) is 3.10. The second-order valence-electron chi connectivity index (χ2n) is 5.99. The third-order valence-electron chi connectivity index (χ3n) is 4.60. The lowest BCUT2D eigenvalue weighted by Crippen LogP contribution is -2.31. The molecule has 26 heavy (non-hydrogen) atoms. The van der Waals surface area contributed by atoms with Crippen molar-refractivity contribution >= 4 is 10.0 Å². The molecule has 0 aromatic heterocycles. The number of nitriles is 1. The lowest BCUT2D eigenvalue weighted by atomic mass is 10.0. The Labute approximate surface area is 153 Å². The summed E-state index contributed by atoms with van der Waals surface area (Å²) in [5.41, 5.74) is 0.948. The Morgan fingerprint density at radius 2 is 1.92 bits per heavy atom. The van der Waals surface area contributed by atoms with Gasteiger partial charge in [0.1, 0.15) is 17.6 Å². The highest BCUT2D eigenvalue weighted by Crippen LogP contribution is 2.41. The minimum Gasteiger partial charge on any atom is -0.497 e. The smallest absolute Gasteiger partial charge is 0.244 e. The maximum Gasteiger partial charge on any atom is 0.244 e. The average Bonchev–Trinajstić information content (AvgIpc) is 3.17. The quantitative estimate of drug-likeness (QED) is 0.806. The molecule has 2 aromatic carbocycles. The zero-order valence-electron chi connectivity index (χ0n) is 14.7. The van der Waals surface area contributed by atoms with E-state index in [-0.39, 0.29) is 16.5 Å². The highest BCUT2D eigenvalue weighted by molar-refractivity contribution is 7.89. The van der Waals surface area contributed by atoms with Gasteiger partial charge in [-0.15, -0.1) is 0 Å². The van der Waals surface area contributed by atoms with Gasteiger partial charge in [0, 0.05) is 18.2 Å². The number of rotatable bonds is 5. The first-order valence-corrected chi connectivity index (χ1v) is 9.70. The van der Waals surface area contributed by atoms with Crippen molar-refractivity contribution in [3.05, 3.63) is 53.6 Å². The van der Waals surface area contributed by atoms with E-state index in [1.165, 1.54) is 16.4 Å². The van der Waals surface area contributed by atoms with Gasteiger partial charge in [0.25, 0.3) is 0 Å². The summed E-state index contributed by atoms with van der Waals surface area (Å²) in [4.78, 5) is 0.0434. The number of ether oxygens (including phenoxy) is 2. The van der Waals surface area contributed by atoms with Gasteiger partial charge in [0.05, 0.1) is 30.7 Å². The van der Waals surface area contributed by atoms with Gasteiger partial charge in [0.15, 0.2) is 0 Å². The van der Waals surface area contributed by atoms with Gasteiger partial charge in [-0.1, -0.05) is 18.2 Å². The van der Waals surface area contributed by atoms with Gasteiger partial charge in [-0.2, -0.15) is 9.57 Å². The standard InChI is InChI=1S/C19H20N2O4S/c1-24-15-9-10-16(18(12-15)25-2)17-7-5-11-21(17)26(22,23)19-8-4-3-6-14(19)13-20/h3-4,6,8-10,12,17H,5,7,11H2,1-2H3. The van der Waals surface area contributed by atoms with E-state index < -0.39 is 10.0 Å². The first-order valence-electron chi connectivity index (χ1n) is 8.26. The lowest BCUT2D eigenvalue weighted by Gasteiger charge is -2.26. The van der Waals surface area contributed by atoms with Crippen LogP contribution >= 0.6 is 0 Å². The Bertz CT molecular complexity index is 950. The third-order valence-corrected chi connectivity index (χ3v) is 6.56. The summed E-state index contributed by atoms with van der Waals surface area (Å²) in [7, 11) is -0.674. The fourth-order valence-corrected chi connectivity index (χ4v) is 5.16. The fraction of sp³-hybridized carbons (Fsp3) is 0.316. The molecule has 6 nitrogen and oxygen atoms in total. The summed E-state index contributed by atoms with van der Waals surface area (Å²) in [6, 6.07) is 13.3. The number of sulfonamides is 1. The maximum atomic E-state index is 13.2. The molecule has 3 rings (SSSR count). The Hall–Kier alpha value is -2.56. The number of nitrogens with zero attached hydrogens (tertiary/aromatic N) is 2. The molecule has 0 amide bonds. The molecule has 1 fully saturated rings. The van der Waals surface area contributed by atoms with Crippen molar-refractivity contribution in [2.75, 3.05) is 20.8 Å². The van der Waals surface area contributed by atoms with Crippen LogP contribution in [0.1, 0.15) is 30.0 Å². The molecule has 7 heteroatoms. The summed E-state index contributed by atoms with van der Waals surface area (Å²) in [5.74, 6) is 1.23. The molecule has 1 unspecified atom stereocenters. The Balaban J connectivity index is 2.05. The lowest BCUT2D eigenvalue weighted by molar-refractivity contribution is 0.361. The molecule has 1 aliphatic heterocycles. The molecule has 1 atom stereocenters. The van der Waals surface area contributed by atoms with Crippen LogP contribution in [0.5, 0.6) is 11.5 Å². The summed E-state index contributed by atoms with van der Waals surface area (Å²) >= 11 is 0. The Kier molecular flexibility index (Phi) is 5.16. The van der Waals surface area contributed by atoms with E-state index in [0.717, 1.165) is 12.0 Å². The Morgan fingerprint density at radius 1 is 1.15 bits per heavy atom. The normalized spacial score (nSPS) is 17.7. The molecule has 0 spiro atoms. The average molecular weight is 372 g/mol. The van der Waals surface area contributed by atoms with Crippen LogP contribution in [-0.2, 0) is 10.0 Å². The molecular formula is C19H20N2O4S. The highest BCUT2D eigenvalue weighted by atomic mass is 32.2. The number of hydrogen-bond acceptors (Lipinski definition) is 5. The number of benzene rings is 2. The molecule has 1 heterocycles. The largest absolute Gasteiger partial charge is 0.497 e. The van der Waals surface area contributed by atoms with Crippen LogP contribution in [-0.4, -0.2) is 33.5 Å². The van der Waals surface area contributed by atoms with E-state index >= 15 is 0 Å². The van der Waals surface area contributed by atoms with E-state index in [2.05, 4.69) is 0 Å². The van der Waals surface area contributed by atoms with Gasteiger partial charge >= 0.3 is 0 Å². The van der Waals surface area contributed by atoms with Gasteiger partial charge in [0.2, 0.25) is 10.0 Å². The molecule has 0 bridgehead atoms. The monoisotopic (exact) mass is 372 g/mol. The van der Waals surface area contributed by atoms with Crippen molar-refractivity contribution in [2.45, 2.75) is 23.8 Å². The van der Waals surface area contributed by atoms with E-state index in [1.807, 2.05) is 12.1 Å².